The molecule has 1 aliphatic carbocycles. The molecule has 1 aromatic carbocycles. The molecule has 1 amide bonds. The van der Waals surface area contributed by atoms with E-state index in [0.717, 1.165) is 24.1 Å². The van der Waals surface area contributed by atoms with Crippen LogP contribution in [0.2, 0.25) is 0 Å². The van der Waals surface area contributed by atoms with Gasteiger partial charge in [0.15, 0.2) is 0 Å². The smallest absolute Gasteiger partial charge is 0.303 e. The second kappa shape index (κ2) is 6.75. The molecule has 0 spiro atoms. The highest BCUT2D eigenvalue weighted by Gasteiger charge is 2.29. The van der Waals surface area contributed by atoms with Crippen molar-refractivity contribution in [1.82, 2.24) is 0 Å². The Bertz CT molecular complexity index is 482. The summed E-state index contributed by atoms with van der Waals surface area (Å²) in [7, 11) is 0. The highest BCUT2D eigenvalue weighted by molar-refractivity contribution is 6.20. The molecule has 5 heteroatoms. The van der Waals surface area contributed by atoms with E-state index in [1.165, 1.54) is 0 Å². The standard InChI is InChI=1S/C15H18ClNO3/c16-13(2-1-3-14(18)19)10-6-8-12(9-7-10)17-15(20)11-4-5-11/h6-9,11,13H,1-5H2,(H,17,20)(H,18,19). The fraction of sp³-hybridized carbons (Fsp3) is 0.467. The van der Waals surface area contributed by atoms with Gasteiger partial charge in [-0.05, 0) is 43.4 Å². The summed E-state index contributed by atoms with van der Waals surface area (Å²) in [4.78, 5) is 22.0. The van der Waals surface area contributed by atoms with Crippen molar-refractivity contribution < 1.29 is 14.7 Å². The Hall–Kier alpha value is -1.55. The quantitative estimate of drug-likeness (QED) is 0.756. The predicted molar refractivity (Wildman–Crippen MR) is 77.9 cm³/mol. The van der Waals surface area contributed by atoms with Crippen LogP contribution >= 0.6 is 11.6 Å². The maximum atomic E-state index is 11.6. The highest BCUT2D eigenvalue weighted by Crippen LogP contribution is 2.31. The molecule has 1 aliphatic rings. The van der Waals surface area contributed by atoms with E-state index >= 15 is 0 Å². The molecule has 0 heterocycles. The number of anilines is 1. The number of alkyl halides is 1. The molecule has 1 aromatic rings. The number of aliphatic carboxylic acids is 1. The number of carbonyl (C=O) groups is 2. The third-order valence-electron chi connectivity index (χ3n) is 3.34. The zero-order chi connectivity index (χ0) is 14.5. The minimum Gasteiger partial charge on any atom is -0.481 e. The topological polar surface area (TPSA) is 66.4 Å². The molecular formula is C15H18ClNO3. The average molecular weight is 296 g/mol. The van der Waals surface area contributed by atoms with E-state index in [9.17, 15) is 9.59 Å². The molecule has 1 saturated carbocycles. The minimum absolute atomic E-state index is 0.0848. The van der Waals surface area contributed by atoms with Gasteiger partial charge in [0.25, 0.3) is 0 Å². The fourth-order valence-corrected chi connectivity index (χ4v) is 2.26. The van der Waals surface area contributed by atoms with E-state index in [4.69, 9.17) is 16.7 Å². The van der Waals surface area contributed by atoms with E-state index in [2.05, 4.69) is 5.32 Å². The summed E-state index contributed by atoms with van der Waals surface area (Å²) in [6.45, 7) is 0. The molecule has 1 unspecified atom stereocenters. The number of amides is 1. The lowest BCUT2D eigenvalue weighted by molar-refractivity contribution is -0.137. The van der Waals surface area contributed by atoms with Crippen LogP contribution < -0.4 is 5.32 Å². The van der Waals surface area contributed by atoms with E-state index < -0.39 is 5.97 Å². The maximum absolute atomic E-state index is 11.6. The average Bonchev–Trinajstić information content (AvgIpc) is 3.23. The van der Waals surface area contributed by atoms with Crippen molar-refractivity contribution in [3.8, 4) is 0 Å². The van der Waals surface area contributed by atoms with Crippen molar-refractivity contribution in [2.45, 2.75) is 37.5 Å². The van der Waals surface area contributed by atoms with Crippen molar-refractivity contribution in [3.63, 3.8) is 0 Å². The summed E-state index contributed by atoms with van der Waals surface area (Å²) in [6.07, 6.45) is 3.29. The first-order valence-electron chi connectivity index (χ1n) is 6.83. The number of carbonyl (C=O) groups excluding carboxylic acids is 1. The van der Waals surface area contributed by atoms with Crippen LogP contribution in [0.25, 0.3) is 0 Å². The van der Waals surface area contributed by atoms with Gasteiger partial charge in [0.05, 0.1) is 5.38 Å². The Labute approximate surface area is 123 Å². The lowest BCUT2D eigenvalue weighted by atomic mass is 10.1. The van der Waals surface area contributed by atoms with E-state index in [1.54, 1.807) is 0 Å². The number of carboxylic acid groups (broad SMARTS) is 1. The van der Waals surface area contributed by atoms with Crippen LogP contribution in [0.3, 0.4) is 0 Å². The number of benzene rings is 1. The monoisotopic (exact) mass is 295 g/mol. The summed E-state index contributed by atoms with van der Waals surface area (Å²) in [5.74, 6) is -0.528. The largest absolute Gasteiger partial charge is 0.481 e. The van der Waals surface area contributed by atoms with Gasteiger partial charge >= 0.3 is 5.97 Å². The Morgan fingerprint density at radius 3 is 2.50 bits per heavy atom. The van der Waals surface area contributed by atoms with E-state index in [1.807, 2.05) is 24.3 Å². The van der Waals surface area contributed by atoms with Gasteiger partial charge in [-0.1, -0.05) is 12.1 Å². The second-order valence-corrected chi connectivity index (χ2v) is 5.67. The van der Waals surface area contributed by atoms with Crippen LogP contribution in [0.15, 0.2) is 24.3 Å². The number of hydrogen-bond donors (Lipinski definition) is 2. The van der Waals surface area contributed by atoms with E-state index in [0.29, 0.717) is 12.8 Å². The zero-order valence-electron chi connectivity index (χ0n) is 11.1. The number of carboxylic acids is 1. The van der Waals surface area contributed by atoms with Gasteiger partial charge < -0.3 is 10.4 Å². The van der Waals surface area contributed by atoms with Gasteiger partial charge in [0, 0.05) is 18.0 Å². The Morgan fingerprint density at radius 2 is 1.95 bits per heavy atom. The van der Waals surface area contributed by atoms with Crippen LogP contribution in [0, 0.1) is 5.92 Å². The molecule has 0 aromatic heterocycles. The van der Waals surface area contributed by atoms with Crippen LogP contribution in [0.4, 0.5) is 5.69 Å². The molecule has 20 heavy (non-hydrogen) atoms. The first-order valence-corrected chi connectivity index (χ1v) is 7.26. The molecule has 0 bridgehead atoms. The van der Waals surface area contributed by atoms with Crippen LogP contribution in [-0.2, 0) is 9.59 Å². The van der Waals surface area contributed by atoms with Gasteiger partial charge in [0.1, 0.15) is 0 Å². The van der Waals surface area contributed by atoms with Crippen molar-refractivity contribution in [3.05, 3.63) is 29.8 Å². The number of hydrogen-bond acceptors (Lipinski definition) is 2. The molecule has 2 N–H and O–H groups in total. The molecule has 1 fully saturated rings. The SMILES string of the molecule is O=C(O)CCCC(Cl)c1ccc(NC(=O)C2CC2)cc1. The van der Waals surface area contributed by atoms with Gasteiger partial charge in [-0.3, -0.25) is 9.59 Å². The Morgan fingerprint density at radius 1 is 1.30 bits per heavy atom. The Balaban J connectivity index is 1.83. The summed E-state index contributed by atoms with van der Waals surface area (Å²) in [6, 6.07) is 7.42. The third kappa shape index (κ3) is 4.53. The molecule has 2 rings (SSSR count). The lowest BCUT2D eigenvalue weighted by Gasteiger charge is -2.10. The molecular weight excluding hydrogens is 278 g/mol. The summed E-state index contributed by atoms with van der Waals surface area (Å²) in [5, 5.41) is 11.3. The summed E-state index contributed by atoms with van der Waals surface area (Å²) >= 11 is 6.23. The first-order chi connectivity index (χ1) is 9.56. The molecule has 0 radical (unpaired) electrons. The maximum Gasteiger partial charge on any atom is 0.303 e. The van der Waals surface area contributed by atoms with Crippen molar-refractivity contribution in [2.75, 3.05) is 5.32 Å². The van der Waals surface area contributed by atoms with Crippen molar-refractivity contribution >= 4 is 29.2 Å². The molecule has 108 valence electrons. The molecule has 0 saturated heterocycles. The van der Waals surface area contributed by atoms with Crippen LogP contribution in [0.1, 0.15) is 43.0 Å². The third-order valence-corrected chi connectivity index (χ3v) is 3.81. The zero-order valence-corrected chi connectivity index (χ0v) is 11.9. The van der Waals surface area contributed by atoms with Gasteiger partial charge in [-0.15, -0.1) is 11.6 Å². The second-order valence-electron chi connectivity index (χ2n) is 5.14. The minimum atomic E-state index is -0.799. The molecule has 4 nitrogen and oxygen atoms in total. The fourth-order valence-electron chi connectivity index (χ4n) is 1.96. The summed E-state index contributed by atoms with van der Waals surface area (Å²) < 4.78 is 0. The molecule has 0 aliphatic heterocycles. The number of rotatable bonds is 7. The summed E-state index contributed by atoms with van der Waals surface area (Å²) in [5.41, 5.74) is 1.72. The van der Waals surface area contributed by atoms with Crippen molar-refractivity contribution in [2.24, 2.45) is 5.92 Å². The predicted octanol–water partition coefficient (Wildman–Crippen LogP) is 3.57. The highest BCUT2D eigenvalue weighted by atomic mass is 35.5. The number of nitrogens with one attached hydrogen (secondary N) is 1. The normalized spacial score (nSPS) is 15.7. The first kappa shape index (κ1) is 14.9. The van der Waals surface area contributed by atoms with E-state index in [-0.39, 0.29) is 23.6 Å². The Kier molecular flexibility index (Phi) is 5.01. The number of halogens is 1. The van der Waals surface area contributed by atoms with Crippen LogP contribution in [0.5, 0.6) is 0 Å². The van der Waals surface area contributed by atoms with Crippen LogP contribution in [-0.4, -0.2) is 17.0 Å². The van der Waals surface area contributed by atoms with Crippen molar-refractivity contribution in [1.29, 1.82) is 0 Å². The van der Waals surface area contributed by atoms with Gasteiger partial charge in [-0.25, -0.2) is 0 Å². The van der Waals surface area contributed by atoms with Gasteiger partial charge in [-0.2, -0.15) is 0 Å². The molecule has 1 atom stereocenters. The van der Waals surface area contributed by atoms with Gasteiger partial charge in [0.2, 0.25) is 5.91 Å². The lowest BCUT2D eigenvalue weighted by Crippen LogP contribution is -2.13.